The maximum atomic E-state index is 4.42. The van der Waals surface area contributed by atoms with E-state index in [1.165, 1.54) is 42.4 Å². The molecule has 1 fully saturated rings. The highest BCUT2D eigenvalue weighted by atomic mass is 15.1. The van der Waals surface area contributed by atoms with Crippen LogP contribution >= 0.6 is 0 Å². The molecular weight excluding hydrogens is 224 g/mol. The molecule has 18 heavy (non-hydrogen) atoms. The van der Waals surface area contributed by atoms with Crippen LogP contribution < -0.4 is 0 Å². The summed E-state index contributed by atoms with van der Waals surface area (Å²) in [6, 6.07) is 0. The van der Waals surface area contributed by atoms with Gasteiger partial charge >= 0.3 is 0 Å². The van der Waals surface area contributed by atoms with E-state index < -0.39 is 0 Å². The average Bonchev–Trinajstić information content (AvgIpc) is 2.73. The molecule has 0 atom stereocenters. The Morgan fingerprint density at radius 3 is 2.72 bits per heavy atom. The maximum absolute atomic E-state index is 4.42. The number of nitrogens with one attached hydrogen (secondary N) is 1. The Kier molecular flexibility index (Phi) is 2.82. The van der Waals surface area contributed by atoms with Crippen molar-refractivity contribution in [3.05, 3.63) is 23.0 Å². The summed E-state index contributed by atoms with van der Waals surface area (Å²) in [5, 5.41) is 8.61. The highest BCUT2D eigenvalue weighted by Gasteiger charge is 2.23. The highest BCUT2D eigenvalue weighted by molar-refractivity contribution is 5.83. The van der Waals surface area contributed by atoms with Crippen LogP contribution in [-0.2, 0) is 0 Å². The van der Waals surface area contributed by atoms with Gasteiger partial charge in [-0.05, 0) is 63.9 Å². The van der Waals surface area contributed by atoms with Crippen molar-refractivity contribution in [3.8, 4) is 0 Å². The summed E-state index contributed by atoms with van der Waals surface area (Å²) in [4.78, 5) is 6.83. The quantitative estimate of drug-likeness (QED) is 0.837. The number of aromatic nitrogens is 3. The number of likely N-dealkylation sites (tertiary alicyclic amines) is 1. The van der Waals surface area contributed by atoms with Crippen LogP contribution in [0.15, 0.2) is 6.20 Å². The van der Waals surface area contributed by atoms with Gasteiger partial charge in [-0.25, -0.2) is 4.98 Å². The number of pyridine rings is 1. The van der Waals surface area contributed by atoms with E-state index >= 15 is 0 Å². The number of nitrogens with zero attached hydrogens (tertiary/aromatic N) is 3. The highest BCUT2D eigenvalue weighted by Crippen LogP contribution is 2.34. The zero-order chi connectivity index (χ0) is 12.7. The summed E-state index contributed by atoms with van der Waals surface area (Å²) < 4.78 is 0. The van der Waals surface area contributed by atoms with Crippen LogP contribution in [0.5, 0.6) is 0 Å². The third-order valence-corrected chi connectivity index (χ3v) is 4.13. The lowest BCUT2D eigenvalue weighted by atomic mass is 9.85. The minimum Gasteiger partial charge on any atom is -0.306 e. The van der Waals surface area contributed by atoms with Gasteiger partial charge in [-0.3, -0.25) is 5.10 Å². The Morgan fingerprint density at radius 1 is 1.28 bits per heavy atom. The number of aryl methyl sites for hydroxylation is 2. The van der Waals surface area contributed by atoms with E-state index in [0.717, 1.165) is 11.3 Å². The minimum atomic E-state index is 0.656. The van der Waals surface area contributed by atoms with Gasteiger partial charge in [-0.2, -0.15) is 5.10 Å². The van der Waals surface area contributed by atoms with Gasteiger partial charge in [0, 0.05) is 17.3 Å². The van der Waals surface area contributed by atoms with Gasteiger partial charge in [0.05, 0.1) is 0 Å². The van der Waals surface area contributed by atoms with Crippen molar-refractivity contribution in [2.24, 2.45) is 0 Å². The van der Waals surface area contributed by atoms with E-state index in [9.17, 15) is 0 Å². The fourth-order valence-corrected chi connectivity index (χ4v) is 3.08. The molecule has 3 rings (SSSR count). The predicted molar refractivity (Wildman–Crippen MR) is 72.8 cm³/mol. The minimum absolute atomic E-state index is 0.656. The molecule has 2 aromatic rings. The number of H-pyrrole nitrogens is 1. The monoisotopic (exact) mass is 244 g/mol. The molecule has 0 radical (unpaired) electrons. The molecule has 1 aliphatic heterocycles. The van der Waals surface area contributed by atoms with Gasteiger partial charge in [0.1, 0.15) is 0 Å². The Balaban J connectivity index is 2.09. The summed E-state index contributed by atoms with van der Waals surface area (Å²) in [5.74, 6) is 0.656. The predicted octanol–water partition coefficient (Wildman–Crippen LogP) is 2.38. The number of fused-ring (bicyclic) bond motifs is 1. The number of hydrogen-bond donors (Lipinski definition) is 1. The molecule has 96 valence electrons. The van der Waals surface area contributed by atoms with Crippen molar-refractivity contribution in [3.63, 3.8) is 0 Å². The normalized spacial score (nSPS) is 18.6. The maximum Gasteiger partial charge on any atom is 0.181 e. The van der Waals surface area contributed by atoms with Gasteiger partial charge in [0.2, 0.25) is 0 Å². The number of piperidine rings is 1. The third kappa shape index (κ3) is 1.81. The van der Waals surface area contributed by atoms with Crippen molar-refractivity contribution < 1.29 is 0 Å². The van der Waals surface area contributed by atoms with Crippen molar-refractivity contribution in [1.82, 2.24) is 20.1 Å². The van der Waals surface area contributed by atoms with Crippen molar-refractivity contribution in [2.75, 3.05) is 20.1 Å². The Labute approximate surface area is 107 Å². The topological polar surface area (TPSA) is 44.8 Å². The molecule has 3 heterocycles. The van der Waals surface area contributed by atoms with Crippen LogP contribution in [0.4, 0.5) is 0 Å². The summed E-state index contributed by atoms with van der Waals surface area (Å²) in [5.41, 5.74) is 4.79. The first-order chi connectivity index (χ1) is 8.66. The van der Waals surface area contributed by atoms with E-state index in [2.05, 4.69) is 41.0 Å². The SMILES string of the molecule is Cc1cnc2n[nH]c(C)c2c1C1CCN(C)CC1. The van der Waals surface area contributed by atoms with E-state index in [4.69, 9.17) is 0 Å². The molecule has 0 amide bonds. The molecule has 0 aliphatic carbocycles. The molecule has 0 unspecified atom stereocenters. The van der Waals surface area contributed by atoms with Crippen molar-refractivity contribution >= 4 is 11.0 Å². The first-order valence-electron chi connectivity index (χ1n) is 6.65. The van der Waals surface area contributed by atoms with E-state index in [1.54, 1.807) is 0 Å². The lowest BCUT2D eigenvalue weighted by molar-refractivity contribution is 0.255. The summed E-state index contributed by atoms with van der Waals surface area (Å²) in [6.45, 7) is 6.64. The zero-order valence-electron chi connectivity index (χ0n) is 11.3. The van der Waals surface area contributed by atoms with Crippen LogP contribution in [-0.4, -0.2) is 40.2 Å². The lowest BCUT2D eigenvalue weighted by Crippen LogP contribution is -2.29. The summed E-state index contributed by atoms with van der Waals surface area (Å²) >= 11 is 0. The fraction of sp³-hybridized carbons (Fsp3) is 0.571. The first-order valence-corrected chi connectivity index (χ1v) is 6.65. The smallest absolute Gasteiger partial charge is 0.181 e. The molecular formula is C14H20N4. The molecule has 0 saturated carbocycles. The fourth-order valence-electron chi connectivity index (χ4n) is 3.08. The zero-order valence-corrected chi connectivity index (χ0v) is 11.3. The second-order valence-corrected chi connectivity index (χ2v) is 5.48. The van der Waals surface area contributed by atoms with Crippen molar-refractivity contribution in [1.29, 1.82) is 0 Å². The molecule has 4 nitrogen and oxygen atoms in total. The van der Waals surface area contributed by atoms with Crippen LogP contribution in [0.1, 0.15) is 35.6 Å². The van der Waals surface area contributed by atoms with Gasteiger partial charge in [0.15, 0.2) is 5.65 Å². The van der Waals surface area contributed by atoms with Crippen LogP contribution in [0.2, 0.25) is 0 Å². The van der Waals surface area contributed by atoms with Crippen LogP contribution in [0.25, 0.3) is 11.0 Å². The molecule has 0 spiro atoms. The van der Waals surface area contributed by atoms with Gasteiger partial charge in [-0.15, -0.1) is 0 Å². The van der Waals surface area contributed by atoms with Crippen LogP contribution in [0, 0.1) is 13.8 Å². The molecule has 1 saturated heterocycles. The summed E-state index contributed by atoms with van der Waals surface area (Å²) in [7, 11) is 2.20. The van der Waals surface area contributed by atoms with Gasteiger partial charge in [-0.1, -0.05) is 0 Å². The molecule has 2 aromatic heterocycles. The van der Waals surface area contributed by atoms with Gasteiger partial charge in [0.25, 0.3) is 0 Å². The van der Waals surface area contributed by atoms with Crippen molar-refractivity contribution in [2.45, 2.75) is 32.6 Å². The Morgan fingerprint density at radius 2 is 2.00 bits per heavy atom. The molecule has 1 N–H and O–H groups in total. The largest absolute Gasteiger partial charge is 0.306 e. The standard InChI is InChI=1S/C14H20N4/c1-9-8-15-14-13(10(2)16-17-14)12(9)11-4-6-18(3)7-5-11/h8,11H,4-7H2,1-3H3,(H,15,16,17). The number of rotatable bonds is 1. The molecule has 0 bridgehead atoms. The Hall–Kier alpha value is -1.42. The second kappa shape index (κ2) is 4.35. The first kappa shape index (κ1) is 11.7. The van der Waals surface area contributed by atoms with E-state index in [0.29, 0.717) is 5.92 Å². The number of hydrogen-bond acceptors (Lipinski definition) is 3. The van der Waals surface area contributed by atoms with E-state index in [1.807, 2.05) is 6.20 Å². The Bertz CT molecular complexity index is 564. The summed E-state index contributed by atoms with van der Waals surface area (Å²) in [6.07, 6.45) is 4.44. The molecule has 1 aliphatic rings. The second-order valence-electron chi connectivity index (χ2n) is 5.48. The third-order valence-electron chi connectivity index (χ3n) is 4.13. The molecule has 0 aromatic carbocycles. The average molecular weight is 244 g/mol. The van der Waals surface area contributed by atoms with Gasteiger partial charge < -0.3 is 4.90 Å². The lowest BCUT2D eigenvalue weighted by Gasteiger charge is -2.30. The molecule has 4 heteroatoms. The van der Waals surface area contributed by atoms with E-state index in [-0.39, 0.29) is 0 Å². The number of aromatic amines is 1. The van der Waals surface area contributed by atoms with Crippen LogP contribution in [0.3, 0.4) is 0 Å².